The largest absolute Gasteiger partial charge is 0.494 e. The number of hydrogen-bond donors (Lipinski definition) is 1. The van der Waals surface area contributed by atoms with Crippen molar-refractivity contribution < 1.29 is 28.8 Å². The van der Waals surface area contributed by atoms with Crippen molar-refractivity contribution in [2.75, 3.05) is 39.6 Å². The van der Waals surface area contributed by atoms with E-state index in [1.165, 1.54) is 22.3 Å². The highest BCUT2D eigenvalue weighted by atomic mass is 16.6. The average Bonchev–Trinajstić information content (AvgIpc) is 4.00. The Labute approximate surface area is 260 Å². The minimum absolute atomic E-state index is 0.117. The summed E-state index contributed by atoms with van der Waals surface area (Å²) in [6.07, 6.45) is 1.07. The van der Waals surface area contributed by atoms with Gasteiger partial charge in [-0.2, -0.15) is 0 Å². The fourth-order valence-electron chi connectivity index (χ4n) is 5.59. The van der Waals surface area contributed by atoms with Gasteiger partial charge in [0.15, 0.2) is 0 Å². The van der Waals surface area contributed by atoms with Gasteiger partial charge in [0, 0.05) is 23.9 Å². The molecule has 0 aromatic heterocycles. The topological polar surface area (TPSA) is 73.0 Å². The summed E-state index contributed by atoms with van der Waals surface area (Å²) >= 11 is 0. The number of epoxide rings is 2. The monoisotopic (exact) mass is 594 g/mol. The molecule has 2 saturated heterocycles. The van der Waals surface area contributed by atoms with Crippen LogP contribution in [0.15, 0.2) is 97.1 Å². The van der Waals surface area contributed by atoms with E-state index in [-0.39, 0.29) is 24.2 Å². The second-order valence-corrected chi connectivity index (χ2v) is 12.4. The van der Waals surface area contributed by atoms with E-state index in [0.717, 1.165) is 36.0 Å². The highest BCUT2D eigenvalue weighted by molar-refractivity contribution is 5.52. The zero-order chi connectivity index (χ0) is 30.6. The van der Waals surface area contributed by atoms with E-state index in [2.05, 4.69) is 81.4 Å². The van der Waals surface area contributed by atoms with E-state index in [4.69, 9.17) is 28.8 Å². The Bertz CT molecular complexity index is 1490. The highest BCUT2D eigenvalue weighted by Gasteiger charge is 2.33. The SMILES string of the molecule is CC(C)(c1ccc(OCC2CO2)cc1)c1ccc(C(C)(c2ccc(OCCCO)cc2)c2ccc(OCC3CO3)cc2)cc1. The Kier molecular flexibility index (Phi) is 8.94. The molecule has 4 aromatic rings. The Hall–Kier alpha value is -3.84. The van der Waals surface area contributed by atoms with Crippen molar-refractivity contribution in [2.24, 2.45) is 0 Å². The van der Waals surface area contributed by atoms with Crippen LogP contribution in [0, 0.1) is 0 Å². The van der Waals surface area contributed by atoms with Crippen LogP contribution >= 0.6 is 0 Å². The van der Waals surface area contributed by atoms with Crippen molar-refractivity contribution in [3.63, 3.8) is 0 Å². The molecular formula is C38H42O6. The van der Waals surface area contributed by atoms with Crippen LogP contribution in [0.25, 0.3) is 0 Å². The molecule has 2 heterocycles. The molecular weight excluding hydrogens is 552 g/mol. The minimum Gasteiger partial charge on any atom is -0.494 e. The lowest BCUT2D eigenvalue weighted by Crippen LogP contribution is -2.26. The van der Waals surface area contributed by atoms with Gasteiger partial charge in [0.1, 0.15) is 42.7 Å². The minimum atomic E-state index is -0.422. The zero-order valence-electron chi connectivity index (χ0n) is 25.8. The van der Waals surface area contributed by atoms with Crippen molar-refractivity contribution >= 4 is 0 Å². The molecule has 1 N–H and O–H groups in total. The van der Waals surface area contributed by atoms with Crippen molar-refractivity contribution in [1.82, 2.24) is 0 Å². The molecule has 3 atom stereocenters. The summed E-state index contributed by atoms with van der Waals surface area (Å²) < 4.78 is 28.1. The van der Waals surface area contributed by atoms with Crippen LogP contribution in [0.4, 0.5) is 0 Å². The number of benzene rings is 4. The Balaban J connectivity index is 1.26. The number of aliphatic hydroxyl groups excluding tert-OH is 1. The molecule has 6 rings (SSSR count). The summed E-state index contributed by atoms with van der Waals surface area (Å²) in [5.41, 5.74) is 5.37. The second kappa shape index (κ2) is 13.0. The van der Waals surface area contributed by atoms with Gasteiger partial charge < -0.3 is 28.8 Å². The van der Waals surface area contributed by atoms with E-state index in [9.17, 15) is 0 Å². The smallest absolute Gasteiger partial charge is 0.119 e. The van der Waals surface area contributed by atoms with Crippen LogP contribution in [0.3, 0.4) is 0 Å². The van der Waals surface area contributed by atoms with Crippen LogP contribution in [0.5, 0.6) is 17.2 Å². The summed E-state index contributed by atoms with van der Waals surface area (Å²) in [7, 11) is 0. The molecule has 0 spiro atoms. The van der Waals surface area contributed by atoms with Gasteiger partial charge in [-0.3, -0.25) is 0 Å². The standard InChI is InChI=1S/C38H42O6/c1-37(2,28-9-15-33(16-10-28)41-23-35-25-43-35)27-5-7-29(8-6-27)38(3,30-11-17-32(18-12-30)40-22-4-21-39)31-13-19-34(20-14-31)42-24-36-26-44-36/h5-20,35-36,39H,4,21-26H2,1-3H3. The van der Waals surface area contributed by atoms with E-state index in [1.807, 2.05) is 36.4 Å². The van der Waals surface area contributed by atoms with Crippen LogP contribution in [-0.2, 0) is 20.3 Å². The molecule has 6 heteroatoms. The summed E-state index contributed by atoms with van der Waals surface area (Å²) in [5.74, 6) is 2.51. The van der Waals surface area contributed by atoms with Crippen LogP contribution in [0.2, 0.25) is 0 Å². The predicted octanol–water partition coefficient (Wildman–Crippen LogP) is 6.68. The van der Waals surface area contributed by atoms with Gasteiger partial charge in [0.25, 0.3) is 0 Å². The Morgan fingerprint density at radius 3 is 1.30 bits per heavy atom. The lowest BCUT2D eigenvalue weighted by Gasteiger charge is -2.33. The molecule has 0 amide bonds. The molecule has 2 aliphatic heterocycles. The van der Waals surface area contributed by atoms with E-state index in [1.54, 1.807) is 0 Å². The molecule has 4 aromatic carbocycles. The average molecular weight is 595 g/mol. The first kappa shape index (κ1) is 30.2. The van der Waals surface area contributed by atoms with E-state index >= 15 is 0 Å². The van der Waals surface area contributed by atoms with Crippen molar-refractivity contribution in [3.8, 4) is 17.2 Å². The third-order valence-electron chi connectivity index (χ3n) is 8.87. The molecule has 230 valence electrons. The van der Waals surface area contributed by atoms with Gasteiger partial charge in [-0.15, -0.1) is 0 Å². The molecule has 0 radical (unpaired) electrons. The maximum atomic E-state index is 9.11. The molecule has 0 bridgehead atoms. The summed E-state index contributed by atoms with van der Waals surface area (Å²) in [6.45, 7) is 10.2. The Morgan fingerprint density at radius 2 is 0.909 bits per heavy atom. The molecule has 6 nitrogen and oxygen atoms in total. The maximum Gasteiger partial charge on any atom is 0.119 e. The van der Waals surface area contributed by atoms with Gasteiger partial charge >= 0.3 is 0 Å². The molecule has 2 fully saturated rings. The summed E-state index contributed by atoms with van der Waals surface area (Å²) in [6, 6.07) is 34.1. The van der Waals surface area contributed by atoms with Crippen molar-refractivity contribution in [1.29, 1.82) is 0 Å². The third kappa shape index (κ3) is 6.94. The van der Waals surface area contributed by atoms with Crippen LogP contribution < -0.4 is 14.2 Å². The summed E-state index contributed by atoms with van der Waals surface area (Å²) in [4.78, 5) is 0. The lowest BCUT2D eigenvalue weighted by atomic mass is 9.70. The fraction of sp³-hybridized carbons (Fsp3) is 0.368. The van der Waals surface area contributed by atoms with Gasteiger partial charge in [0.2, 0.25) is 0 Å². The quantitative estimate of drug-likeness (QED) is 0.0940. The van der Waals surface area contributed by atoms with Crippen LogP contribution in [-0.4, -0.2) is 57.0 Å². The highest BCUT2D eigenvalue weighted by Crippen LogP contribution is 2.41. The van der Waals surface area contributed by atoms with Gasteiger partial charge in [0.05, 0.1) is 19.8 Å². The predicted molar refractivity (Wildman–Crippen MR) is 171 cm³/mol. The normalized spacial score (nSPS) is 18.7. The molecule has 0 saturated carbocycles. The summed E-state index contributed by atoms with van der Waals surface area (Å²) in [5, 5.41) is 9.11. The zero-order valence-corrected chi connectivity index (χ0v) is 25.8. The molecule has 3 unspecified atom stereocenters. The number of ether oxygens (including phenoxy) is 5. The van der Waals surface area contributed by atoms with E-state index < -0.39 is 5.41 Å². The number of hydrogen-bond acceptors (Lipinski definition) is 6. The second-order valence-electron chi connectivity index (χ2n) is 12.4. The number of rotatable bonds is 15. The van der Waals surface area contributed by atoms with Crippen molar-refractivity contribution in [2.45, 2.75) is 50.2 Å². The lowest BCUT2D eigenvalue weighted by molar-refractivity contribution is 0.233. The van der Waals surface area contributed by atoms with Crippen LogP contribution in [0.1, 0.15) is 55.0 Å². The first-order chi connectivity index (χ1) is 21.4. The third-order valence-corrected chi connectivity index (χ3v) is 8.87. The maximum absolute atomic E-state index is 9.11. The number of aliphatic hydroxyl groups is 1. The fourth-order valence-corrected chi connectivity index (χ4v) is 5.59. The first-order valence-corrected chi connectivity index (χ1v) is 15.5. The van der Waals surface area contributed by atoms with Gasteiger partial charge in [-0.05, 0) is 71.1 Å². The molecule has 44 heavy (non-hydrogen) atoms. The Morgan fingerprint density at radius 1 is 0.568 bits per heavy atom. The molecule has 2 aliphatic rings. The van der Waals surface area contributed by atoms with Gasteiger partial charge in [-0.25, -0.2) is 0 Å². The first-order valence-electron chi connectivity index (χ1n) is 15.5. The van der Waals surface area contributed by atoms with Gasteiger partial charge in [-0.1, -0.05) is 74.5 Å². The molecule has 0 aliphatic carbocycles. The van der Waals surface area contributed by atoms with Crippen molar-refractivity contribution in [3.05, 3.63) is 125 Å². The van der Waals surface area contributed by atoms with E-state index in [0.29, 0.717) is 26.2 Å².